The quantitative estimate of drug-likeness (QED) is 0.267. The van der Waals surface area contributed by atoms with Crippen LogP contribution in [0.15, 0.2) is 60.7 Å². The lowest BCUT2D eigenvalue weighted by atomic mass is 10.0. The van der Waals surface area contributed by atoms with E-state index in [-0.39, 0.29) is 11.1 Å². The Balaban J connectivity index is 1.92. The van der Waals surface area contributed by atoms with E-state index in [9.17, 15) is 19.8 Å². The third kappa shape index (κ3) is 5.34. The molecule has 162 valence electrons. The highest BCUT2D eigenvalue weighted by Gasteiger charge is 2.17. The van der Waals surface area contributed by atoms with Crippen LogP contribution in [-0.2, 0) is 0 Å². The van der Waals surface area contributed by atoms with Gasteiger partial charge in [-0.05, 0) is 54.6 Å². The van der Waals surface area contributed by atoms with Gasteiger partial charge in [-0.1, -0.05) is 58.5 Å². The molecular formula is C24H14Cl4O4. The van der Waals surface area contributed by atoms with Crippen LogP contribution in [0.4, 0.5) is 0 Å². The molecular weight excluding hydrogens is 494 g/mol. The fourth-order valence-corrected chi connectivity index (χ4v) is 3.86. The highest BCUT2D eigenvalue weighted by Crippen LogP contribution is 2.31. The molecule has 0 atom stereocenters. The maximum Gasteiger partial charge on any atom is 0.189 e. The van der Waals surface area contributed by atoms with Crippen molar-refractivity contribution in [1.82, 2.24) is 0 Å². The molecule has 32 heavy (non-hydrogen) atoms. The molecule has 0 unspecified atom stereocenters. The fraction of sp³-hybridized carbons (Fsp3) is 0. The van der Waals surface area contributed by atoms with Gasteiger partial charge in [-0.3, -0.25) is 9.59 Å². The van der Waals surface area contributed by atoms with E-state index >= 15 is 0 Å². The smallest absolute Gasteiger partial charge is 0.189 e. The number of hydrogen-bond donors (Lipinski definition) is 2. The minimum atomic E-state index is -0.620. The van der Waals surface area contributed by atoms with Crippen LogP contribution in [0, 0.1) is 0 Å². The summed E-state index contributed by atoms with van der Waals surface area (Å²) in [6.07, 6.45) is 5.12. The molecule has 3 aromatic carbocycles. The molecule has 0 saturated carbocycles. The summed E-state index contributed by atoms with van der Waals surface area (Å²) < 4.78 is 0. The number of halogens is 4. The molecule has 0 spiro atoms. The fourth-order valence-electron chi connectivity index (χ4n) is 2.81. The van der Waals surface area contributed by atoms with E-state index in [0.29, 0.717) is 31.2 Å². The van der Waals surface area contributed by atoms with Crippen LogP contribution in [0.3, 0.4) is 0 Å². The predicted octanol–water partition coefficient (Wildman–Crippen LogP) is 7.50. The van der Waals surface area contributed by atoms with E-state index in [0.717, 1.165) is 24.3 Å². The Kier molecular flexibility index (Phi) is 7.64. The van der Waals surface area contributed by atoms with Crippen molar-refractivity contribution in [1.29, 1.82) is 0 Å². The summed E-state index contributed by atoms with van der Waals surface area (Å²) in [5, 5.41) is 21.6. The van der Waals surface area contributed by atoms with Crippen molar-refractivity contribution < 1.29 is 19.8 Å². The first-order chi connectivity index (χ1) is 15.2. The second-order valence-corrected chi connectivity index (χ2v) is 8.18. The third-order valence-corrected chi connectivity index (χ3v) is 5.77. The van der Waals surface area contributed by atoms with E-state index in [1.54, 1.807) is 36.4 Å². The molecule has 3 rings (SSSR count). The summed E-state index contributed by atoms with van der Waals surface area (Å²) in [7, 11) is 0. The molecule has 0 aliphatic rings. The Morgan fingerprint density at radius 3 is 1.31 bits per heavy atom. The molecule has 0 saturated heterocycles. The summed E-state index contributed by atoms with van der Waals surface area (Å²) in [6, 6.07) is 11.8. The van der Waals surface area contributed by atoms with Gasteiger partial charge in [0.05, 0.1) is 11.1 Å². The van der Waals surface area contributed by atoms with Crippen LogP contribution in [0.1, 0.15) is 31.8 Å². The monoisotopic (exact) mass is 506 g/mol. The standard InChI is InChI=1S/C24H14Cl4O4/c25-17-3-1-4-18(26)13(17)7-9-21(29)15-11-16(24(32)12-23(15)31)22(30)10-8-14-19(27)5-2-6-20(14)28/h1-12,31-32H/b9-7+,10-8+. The Bertz CT molecular complexity index is 1140. The van der Waals surface area contributed by atoms with Gasteiger partial charge in [0.2, 0.25) is 0 Å². The molecule has 0 bridgehead atoms. The molecule has 4 nitrogen and oxygen atoms in total. The summed E-state index contributed by atoms with van der Waals surface area (Å²) >= 11 is 24.3. The molecule has 2 N–H and O–H groups in total. The second-order valence-electron chi connectivity index (χ2n) is 6.55. The van der Waals surface area contributed by atoms with Crippen molar-refractivity contribution in [3.63, 3.8) is 0 Å². The Morgan fingerprint density at radius 1 is 0.625 bits per heavy atom. The van der Waals surface area contributed by atoms with Gasteiger partial charge in [0.1, 0.15) is 11.5 Å². The second kappa shape index (κ2) is 10.2. The number of benzene rings is 3. The highest BCUT2D eigenvalue weighted by molar-refractivity contribution is 6.38. The van der Waals surface area contributed by atoms with Crippen LogP contribution in [-0.4, -0.2) is 21.8 Å². The molecule has 0 aliphatic carbocycles. The van der Waals surface area contributed by atoms with Gasteiger partial charge < -0.3 is 10.2 Å². The number of allylic oxidation sites excluding steroid dienone is 2. The number of rotatable bonds is 6. The average molecular weight is 508 g/mol. The SMILES string of the molecule is O=C(/C=C/c1c(Cl)cccc1Cl)c1cc(C(=O)/C=C/c2c(Cl)cccc2Cl)c(O)cc1O. The van der Waals surface area contributed by atoms with Crippen molar-refractivity contribution in [2.75, 3.05) is 0 Å². The van der Waals surface area contributed by atoms with Gasteiger partial charge in [0.15, 0.2) is 11.6 Å². The molecule has 0 aliphatic heterocycles. The molecule has 0 amide bonds. The number of carbonyl (C=O) groups excluding carboxylic acids is 2. The first-order valence-corrected chi connectivity index (χ1v) is 10.6. The van der Waals surface area contributed by atoms with Crippen molar-refractivity contribution in [3.05, 3.63) is 103 Å². The summed E-state index contributed by atoms with van der Waals surface area (Å²) in [5.41, 5.74) is 0.487. The first-order valence-electron chi connectivity index (χ1n) is 9.08. The van der Waals surface area contributed by atoms with Crippen LogP contribution in [0.2, 0.25) is 20.1 Å². The minimum Gasteiger partial charge on any atom is -0.507 e. The lowest BCUT2D eigenvalue weighted by molar-refractivity contribution is 0.104. The van der Waals surface area contributed by atoms with Crippen molar-refractivity contribution in [2.24, 2.45) is 0 Å². The minimum absolute atomic E-state index is 0.185. The topological polar surface area (TPSA) is 74.6 Å². The van der Waals surface area contributed by atoms with Crippen molar-refractivity contribution in [2.45, 2.75) is 0 Å². The van der Waals surface area contributed by atoms with Crippen LogP contribution in [0.5, 0.6) is 11.5 Å². The van der Waals surface area contributed by atoms with E-state index in [4.69, 9.17) is 46.4 Å². The van der Waals surface area contributed by atoms with Crippen molar-refractivity contribution >= 4 is 70.1 Å². The number of ketones is 2. The lowest BCUT2D eigenvalue weighted by Gasteiger charge is -2.07. The van der Waals surface area contributed by atoms with Crippen LogP contribution < -0.4 is 0 Å². The average Bonchev–Trinajstić information content (AvgIpc) is 2.72. The van der Waals surface area contributed by atoms with E-state index in [2.05, 4.69) is 0 Å². The van der Waals surface area contributed by atoms with Crippen LogP contribution in [0.25, 0.3) is 12.2 Å². The van der Waals surface area contributed by atoms with E-state index < -0.39 is 23.1 Å². The van der Waals surface area contributed by atoms with Gasteiger partial charge in [-0.25, -0.2) is 0 Å². The van der Waals surface area contributed by atoms with Crippen LogP contribution >= 0.6 is 46.4 Å². The molecule has 0 aromatic heterocycles. The summed E-state index contributed by atoms with van der Waals surface area (Å²) in [5.74, 6) is -2.22. The zero-order chi connectivity index (χ0) is 23.4. The Hall–Kier alpha value is -2.76. The van der Waals surface area contributed by atoms with Crippen molar-refractivity contribution in [3.8, 4) is 11.5 Å². The van der Waals surface area contributed by atoms with Gasteiger partial charge in [0.25, 0.3) is 0 Å². The summed E-state index contributed by atoms with van der Waals surface area (Å²) in [4.78, 5) is 25.3. The highest BCUT2D eigenvalue weighted by atomic mass is 35.5. The summed E-state index contributed by atoms with van der Waals surface area (Å²) in [6.45, 7) is 0. The number of phenols is 2. The van der Waals surface area contributed by atoms with Gasteiger partial charge in [-0.2, -0.15) is 0 Å². The largest absolute Gasteiger partial charge is 0.507 e. The number of hydrogen-bond acceptors (Lipinski definition) is 4. The Labute approximate surface area is 203 Å². The number of aromatic hydroxyl groups is 2. The predicted molar refractivity (Wildman–Crippen MR) is 129 cm³/mol. The van der Waals surface area contributed by atoms with Gasteiger partial charge >= 0.3 is 0 Å². The maximum absolute atomic E-state index is 12.6. The third-order valence-electron chi connectivity index (χ3n) is 4.45. The zero-order valence-corrected chi connectivity index (χ0v) is 19.2. The molecule has 3 aromatic rings. The molecule has 0 fully saturated rings. The maximum atomic E-state index is 12.6. The van der Waals surface area contributed by atoms with Gasteiger partial charge in [0, 0.05) is 37.3 Å². The lowest BCUT2D eigenvalue weighted by Crippen LogP contribution is -2.01. The van der Waals surface area contributed by atoms with E-state index in [1.807, 2.05) is 0 Å². The number of phenolic OH excluding ortho intramolecular Hbond substituents is 2. The molecule has 0 heterocycles. The van der Waals surface area contributed by atoms with Gasteiger partial charge in [-0.15, -0.1) is 0 Å². The Morgan fingerprint density at radius 2 is 0.969 bits per heavy atom. The molecule has 8 heteroatoms. The normalized spacial score (nSPS) is 11.4. The molecule has 0 radical (unpaired) electrons. The number of carbonyl (C=O) groups is 2. The first kappa shape index (κ1) is 23.9. The van der Waals surface area contributed by atoms with E-state index in [1.165, 1.54) is 12.2 Å². The zero-order valence-electron chi connectivity index (χ0n) is 16.2.